The van der Waals surface area contributed by atoms with Gasteiger partial charge in [-0.3, -0.25) is 14.4 Å². The minimum atomic E-state index is -0.762. The minimum absolute atomic E-state index is 0.0633. The van der Waals surface area contributed by atoms with E-state index >= 15 is 0 Å². The maximum atomic E-state index is 12.8. The van der Waals surface area contributed by atoms with Gasteiger partial charge in [-0.15, -0.1) is 0 Å². The van der Waals surface area contributed by atoms with E-state index in [-0.39, 0.29) is 31.1 Å². The van der Waals surface area contributed by atoms with Crippen LogP contribution in [-0.2, 0) is 28.6 Å². The fourth-order valence-electron chi connectivity index (χ4n) is 8.52. The number of hydrogen-bond acceptors (Lipinski definition) is 6. The molecule has 368 valence electrons. The average Bonchev–Trinajstić information content (AvgIpc) is 3.24. The largest absolute Gasteiger partial charge is 0.462 e. The van der Waals surface area contributed by atoms with Gasteiger partial charge in [-0.25, -0.2) is 0 Å². The standard InChI is InChI=1S/C56H108O6/c1-6-7-8-9-10-11-12-13-14-15-16-17-20-26-31-36-41-46-54(57)60-49-53(62-56(59)48-43-38-33-28-23-22-25-30-35-40-45-52(4)5)50-61-55(58)47-42-37-32-27-21-18-19-24-29-34-39-44-51(2)3/h51-53H,6-50H2,1-5H3/t53-/m1/s1. The molecule has 1 atom stereocenters. The molecule has 6 nitrogen and oxygen atoms in total. The van der Waals surface area contributed by atoms with E-state index in [0.717, 1.165) is 69.6 Å². The summed E-state index contributed by atoms with van der Waals surface area (Å²) in [6.45, 7) is 11.4. The molecule has 0 bridgehead atoms. The molecule has 0 spiro atoms. The molecule has 6 heteroatoms. The molecule has 0 aliphatic carbocycles. The molecule has 0 saturated carbocycles. The van der Waals surface area contributed by atoms with E-state index in [4.69, 9.17) is 14.2 Å². The van der Waals surface area contributed by atoms with Crippen LogP contribution in [0.4, 0.5) is 0 Å². The van der Waals surface area contributed by atoms with Crippen LogP contribution >= 0.6 is 0 Å². The lowest BCUT2D eigenvalue weighted by Crippen LogP contribution is -2.30. The molecule has 0 heterocycles. The zero-order valence-electron chi connectivity index (χ0n) is 42.5. The van der Waals surface area contributed by atoms with Crippen molar-refractivity contribution in [3.05, 3.63) is 0 Å². The van der Waals surface area contributed by atoms with Crippen molar-refractivity contribution in [1.82, 2.24) is 0 Å². The molecule has 0 radical (unpaired) electrons. The molecule has 0 amide bonds. The molecule has 0 aromatic rings. The lowest BCUT2D eigenvalue weighted by atomic mass is 10.0. The van der Waals surface area contributed by atoms with Gasteiger partial charge in [0.25, 0.3) is 0 Å². The Balaban J connectivity index is 4.29. The summed E-state index contributed by atoms with van der Waals surface area (Å²) in [5, 5.41) is 0. The summed E-state index contributed by atoms with van der Waals surface area (Å²) in [5.41, 5.74) is 0. The molecule has 0 rings (SSSR count). The number of esters is 3. The summed E-state index contributed by atoms with van der Waals surface area (Å²) >= 11 is 0. The molecule has 0 N–H and O–H groups in total. The van der Waals surface area contributed by atoms with E-state index in [0.29, 0.717) is 19.3 Å². The highest BCUT2D eigenvalue weighted by atomic mass is 16.6. The van der Waals surface area contributed by atoms with E-state index in [1.165, 1.54) is 199 Å². The summed E-state index contributed by atoms with van der Waals surface area (Å²) in [6, 6.07) is 0. The smallest absolute Gasteiger partial charge is 0.306 e. The van der Waals surface area contributed by atoms with Gasteiger partial charge in [-0.05, 0) is 31.1 Å². The quantitative estimate of drug-likeness (QED) is 0.0344. The van der Waals surface area contributed by atoms with Crippen molar-refractivity contribution >= 4 is 17.9 Å². The second kappa shape index (κ2) is 48.9. The second-order valence-electron chi connectivity index (χ2n) is 20.2. The summed E-state index contributed by atoms with van der Waals surface area (Å²) in [7, 11) is 0. The van der Waals surface area contributed by atoms with Crippen molar-refractivity contribution in [1.29, 1.82) is 0 Å². The van der Waals surface area contributed by atoms with Crippen molar-refractivity contribution in [2.75, 3.05) is 13.2 Å². The van der Waals surface area contributed by atoms with Crippen LogP contribution in [0.3, 0.4) is 0 Å². The Morgan fingerprint density at radius 3 is 0.790 bits per heavy atom. The van der Waals surface area contributed by atoms with Crippen molar-refractivity contribution in [3.63, 3.8) is 0 Å². The highest BCUT2D eigenvalue weighted by molar-refractivity contribution is 5.71. The fourth-order valence-corrected chi connectivity index (χ4v) is 8.52. The highest BCUT2D eigenvalue weighted by Crippen LogP contribution is 2.18. The van der Waals surface area contributed by atoms with Crippen LogP contribution in [0.1, 0.15) is 311 Å². The third kappa shape index (κ3) is 49.4. The normalized spacial score (nSPS) is 12.0. The predicted octanol–water partition coefficient (Wildman–Crippen LogP) is 18.1. The van der Waals surface area contributed by atoms with E-state index in [9.17, 15) is 14.4 Å². The van der Waals surface area contributed by atoms with Gasteiger partial charge in [0.2, 0.25) is 0 Å². The molecule has 0 aliphatic heterocycles. The van der Waals surface area contributed by atoms with Crippen LogP contribution < -0.4 is 0 Å². The zero-order chi connectivity index (χ0) is 45.4. The number of rotatable bonds is 50. The van der Waals surface area contributed by atoms with Crippen LogP contribution in [0, 0.1) is 11.8 Å². The molecule has 0 saturated heterocycles. The second-order valence-corrected chi connectivity index (χ2v) is 20.2. The Kier molecular flexibility index (Phi) is 47.6. The van der Waals surface area contributed by atoms with Gasteiger partial charge in [0.15, 0.2) is 6.10 Å². The van der Waals surface area contributed by atoms with Crippen molar-refractivity contribution in [2.45, 2.75) is 317 Å². The van der Waals surface area contributed by atoms with E-state index in [1.54, 1.807) is 0 Å². The van der Waals surface area contributed by atoms with Crippen molar-refractivity contribution in [3.8, 4) is 0 Å². The summed E-state index contributed by atoms with van der Waals surface area (Å²) in [4.78, 5) is 38.1. The Labute approximate surface area is 387 Å². The predicted molar refractivity (Wildman–Crippen MR) is 266 cm³/mol. The first kappa shape index (κ1) is 60.4. The van der Waals surface area contributed by atoms with Gasteiger partial charge in [-0.2, -0.15) is 0 Å². The Hall–Kier alpha value is -1.59. The maximum Gasteiger partial charge on any atom is 0.306 e. The SMILES string of the molecule is CCCCCCCCCCCCCCCCCCCC(=O)OC[C@H](COC(=O)CCCCCCCCCCCCCC(C)C)OC(=O)CCCCCCCCCCCCC(C)C. The van der Waals surface area contributed by atoms with Gasteiger partial charge in [0.05, 0.1) is 0 Å². The van der Waals surface area contributed by atoms with Gasteiger partial charge < -0.3 is 14.2 Å². The first-order valence-corrected chi connectivity index (χ1v) is 27.7. The average molecular weight is 877 g/mol. The summed E-state index contributed by atoms with van der Waals surface area (Å²) < 4.78 is 16.9. The third-order valence-corrected chi connectivity index (χ3v) is 12.7. The molecule has 62 heavy (non-hydrogen) atoms. The zero-order valence-corrected chi connectivity index (χ0v) is 42.5. The van der Waals surface area contributed by atoms with Gasteiger partial charge in [0.1, 0.15) is 13.2 Å². The van der Waals surface area contributed by atoms with Crippen LogP contribution in [0.15, 0.2) is 0 Å². The Morgan fingerprint density at radius 1 is 0.306 bits per heavy atom. The van der Waals surface area contributed by atoms with Crippen LogP contribution in [0.25, 0.3) is 0 Å². The Morgan fingerprint density at radius 2 is 0.532 bits per heavy atom. The molecule has 0 aromatic heterocycles. The van der Waals surface area contributed by atoms with Crippen LogP contribution in [-0.4, -0.2) is 37.2 Å². The van der Waals surface area contributed by atoms with E-state index < -0.39 is 6.10 Å². The number of carbonyl (C=O) groups excluding carboxylic acids is 3. The Bertz CT molecular complexity index is 947. The molecule has 0 aromatic carbocycles. The summed E-state index contributed by atoms with van der Waals surface area (Å²) in [5.74, 6) is 0.799. The maximum absolute atomic E-state index is 12.8. The summed E-state index contributed by atoms with van der Waals surface area (Å²) in [6.07, 6.45) is 50.9. The lowest BCUT2D eigenvalue weighted by molar-refractivity contribution is -0.167. The topological polar surface area (TPSA) is 78.9 Å². The lowest BCUT2D eigenvalue weighted by Gasteiger charge is -2.18. The number of carbonyl (C=O) groups is 3. The van der Waals surface area contributed by atoms with Gasteiger partial charge in [-0.1, -0.05) is 272 Å². The first-order valence-electron chi connectivity index (χ1n) is 27.7. The number of hydrogen-bond donors (Lipinski definition) is 0. The minimum Gasteiger partial charge on any atom is -0.462 e. The monoisotopic (exact) mass is 877 g/mol. The number of unbranched alkanes of at least 4 members (excludes halogenated alkanes) is 35. The molecule has 0 aliphatic rings. The highest BCUT2D eigenvalue weighted by Gasteiger charge is 2.19. The van der Waals surface area contributed by atoms with Crippen LogP contribution in [0.2, 0.25) is 0 Å². The molecule has 0 unspecified atom stereocenters. The van der Waals surface area contributed by atoms with Crippen molar-refractivity contribution < 1.29 is 28.6 Å². The molecular formula is C56H108O6. The van der Waals surface area contributed by atoms with Gasteiger partial charge in [0, 0.05) is 19.3 Å². The molecule has 0 fully saturated rings. The van der Waals surface area contributed by atoms with Crippen LogP contribution in [0.5, 0.6) is 0 Å². The third-order valence-electron chi connectivity index (χ3n) is 12.7. The van der Waals surface area contributed by atoms with E-state index in [1.807, 2.05) is 0 Å². The fraction of sp³-hybridized carbons (Fsp3) is 0.946. The first-order chi connectivity index (χ1) is 30.2. The van der Waals surface area contributed by atoms with Crippen molar-refractivity contribution in [2.24, 2.45) is 11.8 Å². The van der Waals surface area contributed by atoms with Gasteiger partial charge >= 0.3 is 17.9 Å². The number of ether oxygens (including phenoxy) is 3. The molecular weight excluding hydrogens is 769 g/mol. The van der Waals surface area contributed by atoms with E-state index in [2.05, 4.69) is 34.6 Å².